The number of aliphatic hydroxyl groups is 2. The van der Waals surface area contributed by atoms with Crippen molar-refractivity contribution < 1.29 is 34.0 Å². The lowest BCUT2D eigenvalue weighted by molar-refractivity contribution is -0.144. The molecule has 0 saturated heterocycles. The summed E-state index contributed by atoms with van der Waals surface area (Å²) in [7, 11) is 0. The molecule has 0 spiro atoms. The van der Waals surface area contributed by atoms with Crippen LogP contribution in [-0.2, 0) is 43.6 Å². The second-order valence-corrected chi connectivity index (χ2v) is 10.1. The summed E-state index contributed by atoms with van der Waals surface area (Å²) < 4.78 is 16.9. The molecule has 7 nitrogen and oxygen atoms in total. The summed E-state index contributed by atoms with van der Waals surface area (Å²) in [5, 5.41) is 22.0. The summed E-state index contributed by atoms with van der Waals surface area (Å²) in [6.45, 7) is 0.259. The predicted molar refractivity (Wildman–Crippen MR) is 147 cm³/mol. The quantitative estimate of drug-likeness (QED) is 0.196. The second-order valence-electron chi connectivity index (χ2n) is 10.1. The largest absolute Gasteiger partial charge is 0.457 e. The maximum absolute atomic E-state index is 13.6. The molecule has 4 unspecified atom stereocenters. The number of benzene rings is 3. The summed E-state index contributed by atoms with van der Waals surface area (Å²) in [5.74, 6) is -2.09. The fourth-order valence-electron chi connectivity index (χ4n) is 5.41. The predicted octanol–water partition coefficient (Wildman–Crippen LogP) is 4.63. The first-order valence-corrected chi connectivity index (χ1v) is 13.4. The van der Waals surface area contributed by atoms with Crippen LogP contribution in [-0.4, -0.2) is 34.5 Å². The zero-order valence-corrected chi connectivity index (χ0v) is 22.0. The smallest absolute Gasteiger partial charge is 0.335 e. The van der Waals surface area contributed by atoms with Gasteiger partial charge in [0.15, 0.2) is 6.29 Å². The number of carbonyl (C=O) groups excluding carboxylic acids is 2. The van der Waals surface area contributed by atoms with Gasteiger partial charge in [-0.1, -0.05) is 103 Å². The van der Waals surface area contributed by atoms with E-state index in [1.807, 2.05) is 91.0 Å². The molecule has 0 saturated carbocycles. The number of hydrogen-bond acceptors (Lipinski definition) is 7. The van der Waals surface area contributed by atoms with Crippen LogP contribution in [0.15, 0.2) is 114 Å². The highest BCUT2D eigenvalue weighted by atomic mass is 16.6. The minimum absolute atomic E-state index is 0.0128. The minimum Gasteiger partial charge on any atom is -0.457 e. The van der Waals surface area contributed by atoms with E-state index in [0.29, 0.717) is 0 Å². The first-order chi connectivity index (χ1) is 19.5. The van der Waals surface area contributed by atoms with Crippen molar-refractivity contribution in [3.63, 3.8) is 0 Å². The SMILES string of the molecule is O=C(OCc1ccccc1)C1=C(C(=O)OCc2ccccc2)C2(CCC(O)OCc3ccccc3)C=CC1C2O. The Bertz CT molecular complexity index is 1370. The number of rotatable bonds is 12. The van der Waals surface area contributed by atoms with Gasteiger partial charge in [-0.2, -0.15) is 0 Å². The number of fused-ring (bicyclic) bond motifs is 2. The lowest BCUT2D eigenvalue weighted by Crippen LogP contribution is -2.35. The number of ether oxygens (including phenoxy) is 3. The van der Waals surface area contributed by atoms with Crippen LogP contribution >= 0.6 is 0 Å². The Hall–Kier alpha value is -4.04. The molecular formula is C33H32O7. The fraction of sp³-hybridized carbons (Fsp3) is 0.273. The minimum atomic E-state index is -1.21. The van der Waals surface area contributed by atoms with Gasteiger partial charge in [0, 0.05) is 11.3 Å². The van der Waals surface area contributed by atoms with Crippen LogP contribution in [0, 0.1) is 11.3 Å². The topological polar surface area (TPSA) is 102 Å². The highest BCUT2D eigenvalue weighted by molar-refractivity contribution is 6.04. The van der Waals surface area contributed by atoms with E-state index in [9.17, 15) is 19.8 Å². The van der Waals surface area contributed by atoms with E-state index in [4.69, 9.17) is 14.2 Å². The second kappa shape index (κ2) is 12.4. The van der Waals surface area contributed by atoms with Crippen molar-refractivity contribution in [2.45, 2.75) is 45.1 Å². The van der Waals surface area contributed by atoms with Crippen molar-refractivity contribution in [1.82, 2.24) is 0 Å². The Labute approximate surface area is 233 Å². The molecule has 0 fully saturated rings. The first-order valence-electron chi connectivity index (χ1n) is 13.4. The highest BCUT2D eigenvalue weighted by Crippen LogP contribution is 2.56. The van der Waals surface area contributed by atoms with E-state index in [0.717, 1.165) is 16.7 Å². The van der Waals surface area contributed by atoms with Crippen molar-refractivity contribution in [2.75, 3.05) is 0 Å². The number of aliphatic hydroxyl groups excluding tert-OH is 2. The van der Waals surface area contributed by atoms with Crippen LogP contribution in [0.5, 0.6) is 0 Å². The molecule has 0 amide bonds. The number of carbonyl (C=O) groups is 2. The normalized spacial score (nSPS) is 21.9. The molecule has 0 aliphatic heterocycles. The van der Waals surface area contributed by atoms with Crippen molar-refractivity contribution in [1.29, 1.82) is 0 Å². The Balaban J connectivity index is 1.35. The van der Waals surface area contributed by atoms with Gasteiger partial charge in [0.25, 0.3) is 0 Å². The van der Waals surface area contributed by atoms with E-state index in [1.54, 1.807) is 12.2 Å². The van der Waals surface area contributed by atoms with E-state index >= 15 is 0 Å². The van der Waals surface area contributed by atoms with Crippen LogP contribution in [0.1, 0.15) is 29.5 Å². The maximum atomic E-state index is 13.6. The van der Waals surface area contributed by atoms with Gasteiger partial charge in [-0.25, -0.2) is 9.59 Å². The molecule has 0 heterocycles. The van der Waals surface area contributed by atoms with E-state index in [1.165, 1.54) is 0 Å². The third-order valence-corrected chi connectivity index (χ3v) is 7.48. The molecule has 2 N–H and O–H groups in total. The van der Waals surface area contributed by atoms with Crippen LogP contribution in [0.4, 0.5) is 0 Å². The average Bonchev–Trinajstić information content (AvgIpc) is 3.45. The molecule has 2 aliphatic carbocycles. The third-order valence-electron chi connectivity index (χ3n) is 7.48. The molecular weight excluding hydrogens is 508 g/mol. The van der Waals surface area contributed by atoms with Gasteiger partial charge in [-0.15, -0.1) is 0 Å². The maximum Gasteiger partial charge on any atom is 0.335 e. The van der Waals surface area contributed by atoms with Gasteiger partial charge in [0.2, 0.25) is 0 Å². The summed E-state index contributed by atoms with van der Waals surface area (Å²) in [5.41, 5.74) is 1.48. The van der Waals surface area contributed by atoms with Gasteiger partial charge in [-0.3, -0.25) is 0 Å². The summed E-state index contributed by atoms with van der Waals surface area (Å²) >= 11 is 0. The molecule has 2 aliphatic rings. The Kier molecular flexibility index (Phi) is 8.55. The number of hydrogen-bond donors (Lipinski definition) is 2. The number of esters is 2. The zero-order chi connectivity index (χ0) is 28.0. The monoisotopic (exact) mass is 540 g/mol. The molecule has 7 heteroatoms. The zero-order valence-electron chi connectivity index (χ0n) is 22.0. The van der Waals surface area contributed by atoms with Crippen LogP contribution in [0.25, 0.3) is 0 Å². The fourth-order valence-corrected chi connectivity index (χ4v) is 5.41. The van der Waals surface area contributed by atoms with Crippen molar-refractivity contribution in [2.24, 2.45) is 11.3 Å². The van der Waals surface area contributed by atoms with Gasteiger partial charge >= 0.3 is 11.9 Å². The summed E-state index contributed by atoms with van der Waals surface area (Å²) in [4.78, 5) is 27.0. The molecule has 206 valence electrons. The van der Waals surface area contributed by atoms with Gasteiger partial charge < -0.3 is 24.4 Å². The van der Waals surface area contributed by atoms with Crippen LogP contribution in [0.3, 0.4) is 0 Å². The van der Waals surface area contributed by atoms with Crippen LogP contribution < -0.4 is 0 Å². The van der Waals surface area contributed by atoms with Gasteiger partial charge in [-0.05, 0) is 29.5 Å². The molecule has 40 heavy (non-hydrogen) atoms. The molecule has 4 atom stereocenters. The average molecular weight is 541 g/mol. The standard InChI is InChI=1S/C33H32O7/c34-27(38-20-23-10-4-1-5-11-23)17-19-33-18-16-26(30(33)35)28(31(36)39-21-24-12-6-2-7-13-24)29(33)32(37)40-22-25-14-8-3-9-15-25/h1-16,18,26-27,30,34-35H,17,19-22H2. The molecule has 3 aromatic carbocycles. The Morgan fingerprint density at radius 2 is 1.25 bits per heavy atom. The molecule has 3 aromatic rings. The summed E-state index contributed by atoms with van der Waals surface area (Å²) in [6, 6.07) is 27.9. The van der Waals surface area contributed by atoms with Gasteiger partial charge in [0.05, 0.1) is 23.9 Å². The molecule has 2 bridgehead atoms. The molecule has 0 radical (unpaired) electrons. The Morgan fingerprint density at radius 3 is 1.80 bits per heavy atom. The highest BCUT2D eigenvalue weighted by Gasteiger charge is 2.59. The molecule has 5 rings (SSSR count). The third kappa shape index (κ3) is 5.92. The van der Waals surface area contributed by atoms with Crippen molar-refractivity contribution >= 4 is 11.9 Å². The molecule has 0 aromatic heterocycles. The van der Waals surface area contributed by atoms with Crippen molar-refractivity contribution in [3.05, 3.63) is 131 Å². The van der Waals surface area contributed by atoms with Crippen LogP contribution in [0.2, 0.25) is 0 Å². The first kappa shape index (κ1) is 27.5. The van der Waals surface area contributed by atoms with Crippen molar-refractivity contribution in [3.8, 4) is 0 Å². The van der Waals surface area contributed by atoms with Gasteiger partial charge in [0.1, 0.15) is 13.2 Å². The van der Waals surface area contributed by atoms with E-state index in [-0.39, 0.29) is 43.8 Å². The lowest BCUT2D eigenvalue weighted by Gasteiger charge is -2.31. The lowest BCUT2D eigenvalue weighted by atomic mass is 9.76. The van der Waals surface area contributed by atoms with E-state index < -0.39 is 35.7 Å². The summed E-state index contributed by atoms with van der Waals surface area (Å²) in [6.07, 6.45) is 1.57. The Morgan fingerprint density at radius 1 is 0.750 bits per heavy atom. The van der Waals surface area contributed by atoms with E-state index in [2.05, 4.69) is 0 Å².